The number of ether oxygens (including phenoxy) is 1. The number of nitrogens with two attached hydrogens (primary N) is 1. The van der Waals surface area contributed by atoms with E-state index in [0.717, 1.165) is 28.3 Å². The Morgan fingerprint density at radius 3 is 3.07 bits per heavy atom. The second-order valence-corrected chi connectivity index (χ2v) is 4.45. The van der Waals surface area contributed by atoms with Gasteiger partial charge in [-0.3, -0.25) is 0 Å². The van der Waals surface area contributed by atoms with E-state index in [1.165, 1.54) is 6.33 Å². The molecule has 0 bridgehead atoms. The molecule has 0 aliphatic rings. The van der Waals surface area contributed by atoms with Crippen LogP contribution in [0.3, 0.4) is 0 Å². The molecule has 0 fully saturated rings. The standard InChI is InChI=1S/C8H12BrN3OS/c1-13-3-2-4-14-8-6(9)7(10)11-5-12-8/h5H,2-4H2,1H3,(H2,10,11,12). The summed E-state index contributed by atoms with van der Waals surface area (Å²) in [6, 6.07) is 0. The molecule has 0 radical (unpaired) electrons. The predicted molar refractivity (Wildman–Crippen MR) is 61.4 cm³/mol. The molecular weight excluding hydrogens is 266 g/mol. The van der Waals surface area contributed by atoms with E-state index >= 15 is 0 Å². The number of thioether (sulfide) groups is 1. The maximum absolute atomic E-state index is 5.62. The number of nitrogen functional groups attached to an aromatic ring is 1. The van der Waals surface area contributed by atoms with Crippen molar-refractivity contribution in [1.82, 2.24) is 9.97 Å². The second kappa shape index (κ2) is 6.21. The zero-order valence-corrected chi connectivity index (χ0v) is 10.3. The summed E-state index contributed by atoms with van der Waals surface area (Å²) in [7, 11) is 1.70. The normalized spacial score (nSPS) is 10.4. The topological polar surface area (TPSA) is 61.0 Å². The van der Waals surface area contributed by atoms with Crippen LogP contribution in [0.25, 0.3) is 0 Å². The van der Waals surface area contributed by atoms with Crippen LogP contribution in [-0.2, 0) is 4.74 Å². The van der Waals surface area contributed by atoms with Crippen LogP contribution in [0.15, 0.2) is 15.8 Å². The molecule has 14 heavy (non-hydrogen) atoms. The van der Waals surface area contributed by atoms with Crippen molar-refractivity contribution in [1.29, 1.82) is 0 Å². The van der Waals surface area contributed by atoms with Crippen LogP contribution in [0.2, 0.25) is 0 Å². The highest BCUT2D eigenvalue weighted by Gasteiger charge is 2.05. The molecule has 4 nitrogen and oxygen atoms in total. The molecule has 0 amide bonds. The Morgan fingerprint density at radius 2 is 2.36 bits per heavy atom. The summed E-state index contributed by atoms with van der Waals surface area (Å²) >= 11 is 4.99. The summed E-state index contributed by atoms with van der Waals surface area (Å²) in [5, 5.41) is 0.883. The lowest BCUT2D eigenvalue weighted by molar-refractivity contribution is 0.200. The summed E-state index contributed by atoms with van der Waals surface area (Å²) < 4.78 is 5.73. The highest BCUT2D eigenvalue weighted by molar-refractivity contribution is 9.10. The number of hydrogen-bond donors (Lipinski definition) is 1. The lowest BCUT2D eigenvalue weighted by atomic mass is 10.5. The van der Waals surface area contributed by atoms with Gasteiger partial charge in [0.2, 0.25) is 0 Å². The molecule has 6 heteroatoms. The fourth-order valence-corrected chi connectivity index (χ4v) is 2.20. The minimum atomic E-state index is 0.481. The number of halogens is 1. The summed E-state index contributed by atoms with van der Waals surface area (Å²) in [5.74, 6) is 1.44. The fraction of sp³-hybridized carbons (Fsp3) is 0.500. The van der Waals surface area contributed by atoms with Gasteiger partial charge in [-0.15, -0.1) is 11.8 Å². The Hall–Kier alpha value is -0.330. The third kappa shape index (κ3) is 3.43. The number of aromatic nitrogens is 2. The van der Waals surface area contributed by atoms with Crippen LogP contribution in [0.4, 0.5) is 5.82 Å². The molecule has 0 atom stereocenters. The van der Waals surface area contributed by atoms with Crippen molar-refractivity contribution in [2.75, 3.05) is 25.2 Å². The molecule has 1 heterocycles. The van der Waals surface area contributed by atoms with Crippen molar-refractivity contribution in [3.63, 3.8) is 0 Å². The Kier molecular flexibility index (Phi) is 5.21. The number of anilines is 1. The average Bonchev–Trinajstić information content (AvgIpc) is 2.19. The van der Waals surface area contributed by atoms with Crippen LogP contribution >= 0.6 is 27.7 Å². The van der Waals surface area contributed by atoms with Gasteiger partial charge in [-0.05, 0) is 22.4 Å². The molecular formula is C8H12BrN3OS. The molecule has 0 saturated carbocycles. The quantitative estimate of drug-likeness (QED) is 0.507. The van der Waals surface area contributed by atoms with Crippen molar-refractivity contribution in [3.05, 3.63) is 10.8 Å². The molecule has 0 aliphatic carbocycles. The number of hydrogen-bond acceptors (Lipinski definition) is 5. The highest BCUT2D eigenvalue weighted by Crippen LogP contribution is 2.28. The van der Waals surface area contributed by atoms with E-state index in [4.69, 9.17) is 10.5 Å². The summed E-state index contributed by atoms with van der Waals surface area (Å²) in [6.45, 7) is 0.769. The molecule has 1 rings (SSSR count). The van der Waals surface area contributed by atoms with E-state index in [9.17, 15) is 0 Å². The van der Waals surface area contributed by atoms with Crippen LogP contribution in [0, 0.1) is 0 Å². The minimum absolute atomic E-state index is 0.481. The van der Waals surface area contributed by atoms with E-state index in [2.05, 4.69) is 25.9 Å². The van der Waals surface area contributed by atoms with E-state index in [-0.39, 0.29) is 0 Å². The molecule has 0 saturated heterocycles. The van der Waals surface area contributed by atoms with Gasteiger partial charge < -0.3 is 10.5 Å². The van der Waals surface area contributed by atoms with Gasteiger partial charge in [0.25, 0.3) is 0 Å². The summed E-state index contributed by atoms with van der Waals surface area (Å²) in [5.41, 5.74) is 5.62. The Bertz CT molecular complexity index is 298. The maximum atomic E-state index is 5.62. The zero-order chi connectivity index (χ0) is 10.4. The van der Waals surface area contributed by atoms with Crippen molar-refractivity contribution < 1.29 is 4.74 Å². The molecule has 2 N–H and O–H groups in total. The van der Waals surface area contributed by atoms with E-state index < -0.39 is 0 Å². The Balaban J connectivity index is 2.46. The first-order valence-corrected chi connectivity index (χ1v) is 5.91. The Labute approximate surface area is 95.8 Å². The van der Waals surface area contributed by atoms with E-state index in [1.54, 1.807) is 18.9 Å². The lowest BCUT2D eigenvalue weighted by Gasteiger charge is -2.03. The molecule has 78 valence electrons. The molecule has 0 aromatic carbocycles. The number of rotatable bonds is 5. The van der Waals surface area contributed by atoms with E-state index in [1.807, 2.05) is 0 Å². The van der Waals surface area contributed by atoms with Crippen LogP contribution in [-0.4, -0.2) is 29.4 Å². The van der Waals surface area contributed by atoms with E-state index in [0.29, 0.717) is 5.82 Å². The van der Waals surface area contributed by atoms with Gasteiger partial charge in [-0.2, -0.15) is 0 Å². The smallest absolute Gasteiger partial charge is 0.142 e. The molecule has 1 aromatic rings. The fourth-order valence-electron chi connectivity index (χ4n) is 0.839. The van der Waals surface area contributed by atoms with Gasteiger partial charge in [-0.25, -0.2) is 9.97 Å². The summed E-state index contributed by atoms with van der Waals surface area (Å²) in [4.78, 5) is 7.99. The lowest BCUT2D eigenvalue weighted by Crippen LogP contribution is -1.96. The third-order valence-corrected chi connectivity index (χ3v) is 3.64. The molecule has 0 spiro atoms. The van der Waals surface area contributed by atoms with Crippen LogP contribution < -0.4 is 5.73 Å². The summed E-state index contributed by atoms with van der Waals surface area (Å²) in [6.07, 6.45) is 2.47. The zero-order valence-electron chi connectivity index (χ0n) is 7.86. The van der Waals surface area contributed by atoms with Gasteiger partial charge in [0.05, 0.1) is 4.47 Å². The van der Waals surface area contributed by atoms with Crippen molar-refractivity contribution in [3.8, 4) is 0 Å². The SMILES string of the molecule is COCCCSc1ncnc(N)c1Br. The number of methoxy groups -OCH3 is 1. The van der Waals surface area contributed by atoms with Gasteiger partial charge >= 0.3 is 0 Å². The first kappa shape index (κ1) is 11.7. The van der Waals surface area contributed by atoms with Crippen LogP contribution in [0.1, 0.15) is 6.42 Å². The first-order valence-electron chi connectivity index (χ1n) is 4.13. The highest BCUT2D eigenvalue weighted by atomic mass is 79.9. The predicted octanol–water partition coefficient (Wildman–Crippen LogP) is 1.95. The monoisotopic (exact) mass is 277 g/mol. The van der Waals surface area contributed by atoms with Gasteiger partial charge in [-0.1, -0.05) is 0 Å². The van der Waals surface area contributed by atoms with Gasteiger partial charge in [0, 0.05) is 19.5 Å². The molecule has 0 aliphatic heterocycles. The Morgan fingerprint density at radius 1 is 1.57 bits per heavy atom. The third-order valence-electron chi connectivity index (χ3n) is 1.52. The second-order valence-electron chi connectivity index (χ2n) is 2.57. The molecule has 0 unspecified atom stereocenters. The van der Waals surface area contributed by atoms with Crippen molar-refractivity contribution in [2.24, 2.45) is 0 Å². The van der Waals surface area contributed by atoms with Gasteiger partial charge in [0.1, 0.15) is 17.2 Å². The van der Waals surface area contributed by atoms with Crippen molar-refractivity contribution in [2.45, 2.75) is 11.4 Å². The van der Waals surface area contributed by atoms with Crippen molar-refractivity contribution >= 4 is 33.5 Å². The average molecular weight is 278 g/mol. The largest absolute Gasteiger partial charge is 0.385 e. The maximum Gasteiger partial charge on any atom is 0.142 e. The molecule has 1 aromatic heterocycles. The van der Waals surface area contributed by atoms with Crippen LogP contribution in [0.5, 0.6) is 0 Å². The van der Waals surface area contributed by atoms with Gasteiger partial charge in [0.15, 0.2) is 0 Å². The minimum Gasteiger partial charge on any atom is -0.385 e. The number of nitrogens with zero attached hydrogens (tertiary/aromatic N) is 2. The first-order chi connectivity index (χ1) is 6.75.